The number of hydrogen-bond acceptors (Lipinski definition) is 9. The summed E-state index contributed by atoms with van der Waals surface area (Å²) in [5.41, 5.74) is 22.0. The minimum atomic E-state index is -1.19. The van der Waals surface area contributed by atoms with Crippen molar-refractivity contribution >= 4 is 41.4 Å². The van der Waals surface area contributed by atoms with E-state index in [2.05, 4.69) is 16.0 Å². The first-order valence-electron chi connectivity index (χ1n) is 12.1. The van der Waals surface area contributed by atoms with Crippen molar-refractivity contribution in [3.8, 4) is 0 Å². The topological polar surface area (TPSA) is 246 Å². The van der Waals surface area contributed by atoms with Crippen LogP contribution in [0.4, 0.5) is 0 Å². The molecule has 4 atom stereocenters. The predicted molar refractivity (Wildman–Crippen MR) is 139 cm³/mol. The Kier molecular flexibility index (Phi) is 18.4. The lowest BCUT2D eigenvalue weighted by Crippen LogP contribution is -2.57. The van der Waals surface area contributed by atoms with Crippen LogP contribution in [0.25, 0.3) is 0 Å². The molecule has 0 saturated carbocycles. The lowest BCUT2D eigenvalue weighted by Gasteiger charge is -2.25. The third kappa shape index (κ3) is 14.9. The molecule has 0 rings (SSSR count). The first kappa shape index (κ1) is 33.6. The molecule has 0 spiro atoms. The third-order valence-electron chi connectivity index (χ3n) is 5.42. The highest BCUT2D eigenvalue weighted by Gasteiger charge is 2.30. The second kappa shape index (κ2) is 19.7. The summed E-state index contributed by atoms with van der Waals surface area (Å²) < 4.78 is 0. The number of aliphatic carboxylic acids is 1. The summed E-state index contributed by atoms with van der Waals surface area (Å²) in [6, 6.07) is -4.21. The first-order chi connectivity index (χ1) is 17.1. The van der Waals surface area contributed by atoms with Crippen molar-refractivity contribution in [2.45, 2.75) is 82.0 Å². The first-order valence-corrected chi connectivity index (χ1v) is 13.5. The van der Waals surface area contributed by atoms with Crippen molar-refractivity contribution in [2.75, 3.05) is 25.1 Å². The Morgan fingerprint density at radius 3 is 1.75 bits per heavy atom. The van der Waals surface area contributed by atoms with E-state index in [1.165, 1.54) is 11.8 Å². The Morgan fingerprint density at radius 1 is 0.750 bits per heavy atom. The van der Waals surface area contributed by atoms with Gasteiger partial charge >= 0.3 is 5.97 Å². The van der Waals surface area contributed by atoms with E-state index in [0.717, 1.165) is 0 Å². The van der Waals surface area contributed by atoms with E-state index < -0.39 is 53.8 Å². The van der Waals surface area contributed by atoms with E-state index in [9.17, 15) is 29.1 Å². The second-order valence-corrected chi connectivity index (χ2v) is 9.47. The summed E-state index contributed by atoms with van der Waals surface area (Å²) in [6.07, 6.45) is 4.81. The van der Waals surface area contributed by atoms with Gasteiger partial charge < -0.3 is 44.0 Å². The molecule has 12 N–H and O–H groups in total. The normalized spacial score (nSPS) is 14.2. The van der Waals surface area contributed by atoms with E-state index in [0.29, 0.717) is 50.9 Å². The molecule has 0 aliphatic heterocycles. The predicted octanol–water partition coefficient (Wildman–Crippen LogP) is -1.87. The quantitative estimate of drug-likeness (QED) is 0.0763. The van der Waals surface area contributed by atoms with Crippen LogP contribution in [0.15, 0.2) is 0 Å². The van der Waals surface area contributed by atoms with Crippen LogP contribution in [0, 0.1) is 0 Å². The number of carbonyl (C=O) groups is 5. The molecule has 0 bridgehead atoms. The maximum atomic E-state index is 13.0. The summed E-state index contributed by atoms with van der Waals surface area (Å²) in [7, 11) is 0. The number of rotatable bonds is 21. The van der Waals surface area contributed by atoms with Crippen LogP contribution < -0.4 is 38.9 Å². The number of carboxylic acid groups (broad SMARTS) is 1. The molecule has 13 nitrogen and oxygen atoms in total. The zero-order chi connectivity index (χ0) is 27.5. The fourth-order valence-electron chi connectivity index (χ4n) is 3.27. The Labute approximate surface area is 216 Å². The Morgan fingerprint density at radius 2 is 1.25 bits per heavy atom. The van der Waals surface area contributed by atoms with Gasteiger partial charge in [-0.25, -0.2) is 4.79 Å². The molecular formula is C22H43N7O6S. The highest BCUT2D eigenvalue weighted by atomic mass is 32.2. The van der Waals surface area contributed by atoms with E-state index >= 15 is 0 Å². The van der Waals surface area contributed by atoms with Gasteiger partial charge in [0.1, 0.15) is 18.1 Å². The summed E-state index contributed by atoms with van der Waals surface area (Å²) in [6.45, 7) is 0.870. The fraction of sp³-hybridized carbons (Fsp3) is 0.773. The molecule has 0 heterocycles. The standard InChI is InChI=1S/C22H43N7O6S/c1-36-13-10-16(21(33)29-17(22(34)35)7-3-5-12-24)28-20(32)15(8-9-18(26)30)27-19(31)14(25)6-2-4-11-23/h14-17H,2-13,23-25H2,1H3,(H2,26,30)(H,27,31)(H,28,32)(H,29,33)(H,34,35). The molecule has 0 aromatic heterocycles. The van der Waals surface area contributed by atoms with Gasteiger partial charge in [-0.3, -0.25) is 19.2 Å². The van der Waals surface area contributed by atoms with Crippen molar-refractivity contribution in [1.29, 1.82) is 0 Å². The molecule has 0 saturated heterocycles. The average Bonchev–Trinajstić information content (AvgIpc) is 2.83. The number of amides is 4. The Bertz CT molecular complexity index is 712. The molecule has 14 heteroatoms. The molecule has 0 fully saturated rings. The molecular weight excluding hydrogens is 490 g/mol. The van der Waals surface area contributed by atoms with Gasteiger partial charge in [-0.05, 0) is 70.0 Å². The number of hydrogen-bond donors (Lipinski definition) is 8. The summed E-state index contributed by atoms with van der Waals surface area (Å²) in [4.78, 5) is 61.3. The minimum Gasteiger partial charge on any atom is -0.480 e. The summed E-state index contributed by atoms with van der Waals surface area (Å²) in [5, 5.41) is 17.0. The van der Waals surface area contributed by atoms with Gasteiger partial charge in [-0.1, -0.05) is 6.42 Å². The van der Waals surface area contributed by atoms with E-state index in [-0.39, 0.29) is 25.7 Å². The third-order valence-corrected chi connectivity index (χ3v) is 6.07. The fourth-order valence-corrected chi connectivity index (χ4v) is 3.74. The highest BCUT2D eigenvalue weighted by Crippen LogP contribution is 2.07. The van der Waals surface area contributed by atoms with E-state index in [1.807, 2.05) is 6.26 Å². The van der Waals surface area contributed by atoms with Gasteiger partial charge in [0.05, 0.1) is 6.04 Å². The Hall–Kier alpha value is -2.42. The van der Waals surface area contributed by atoms with Gasteiger partial charge in [0, 0.05) is 6.42 Å². The van der Waals surface area contributed by atoms with Crippen molar-refractivity contribution in [1.82, 2.24) is 16.0 Å². The number of thioether (sulfide) groups is 1. The van der Waals surface area contributed by atoms with Crippen molar-refractivity contribution < 1.29 is 29.1 Å². The van der Waals surface area contributed by atoms with Crippen LogP contribution in [0.1, 0.15) is 57.8 Å². The van der Waals surface area contributed by atoms with Crippen LogP contribution in [0.5, 0.6) is 0 Å². The van der Waals surface area contributed by atoms with Crippen molar-refractivity contribution in [3.05, 3.63) is 0 Å². The van der Waals surface area contributed by atoms with Crippen LogP contribution >= 0.6 is 11.8 Å². The summed E-state index contributed by atoms with van der Waals surface area (Å²) in [5.74, 6) is -3.27. The molecule has 4 unspecified atom stereocenters. The van der Waals surface area contributed by atoms with Crippen LogP contribution in [0.2, 0.25) is 0 Å². The average molecular weight is 534 g/mol. The molecule has 36 heavy (non-hydrogen) atoms. The number of primary amides is 1. The lowest BCUT2D eigenvalue weighted by atomic mass is 10.1. The maximum Gasteiger partial charge on any atom is 0.326 e. The van der Waals surface area contributed by atoms with E-state index in [4.69, 9.17) is 22.9 Å². The molecule has 0 aliphatic carbocycles. The Balaban J connectivity index is 5.42. The molecule has 0 aromatic carbocycles. The maximum absolute atomic E-state index is 13.0. The molecule has 0 aromatic rings. The zero-order valence-electron chi connectivity index (χ0n) is 21.0. The van der Waals surface area contributed by atoms with Crippen molar-refractivity contribution in [3.63, 3.8) is 0 Å². The monoisotopic (exact) mass is 533 g/mol. The number of carbonyl (C=O) groups excluding carboxylic acids is 4. The molecule has 0 radical (unpaired) electrons. The minimum absolute atomic E-state index is 0.0872. The number of nitrogens with one attached hydrogen (secondary N) is 3. The molecule has 208 valence electrons. The van der Waals surface area contributed by atoms with Gasteiger partial charge in [0.2, 0.25) is 23.6 Å². The highest BCUT2D eigenvalue weighted by molar-refractivity contribution is 7.98. The number of carboxylic acids is 1. The van der Waals surface area contributed by atoms with Crippen LogP contribution in [-0.4, -0.2) is 84.0 Å². The van der Waals surface area contributed by atoms with Gasteiger partial charge in [-0.15, -0.1) is 0 Å². The van der Waals surface area contributed by atoms with Crippen molar-refractivity contribution in [2.24, 2.45) is 22.9 Å². The number of nitrogens with two attached hydrogens (primary N) is 4. The van der Waals surface area contributed by atoms with Gasteiger partial charge in [-0.2, -0.15) is 11.8 Å². The molecule has 0 aliphatic rings. The number of unbranched alkanes of at least 4 members (excludes halogenated alkanes) is 2. The van der Waals surface area contributed by atoms with E-state index in [1.54, 1.807) is 0 Å². The smallest absolute Gasteiger partial charge is 0.326 e. The zero-order valence-corrected chi connectivity index (χ0v) is 21.8. The van der Waals surface area contributed by atoms with Gasteiger partial charge in [0.25, 0.3) is 0 Å². The summed E-state index contributed by atoms with van der Waals surface area (Å²) >= 11 is 1.45. The largest absolute Gasteiger partial charge is 0.480 e. The van der Waals surface area contributed by atoms with Crippen LogP contribution in [0.3, 0.4) is 0 Å². The van der Waals surface area contributed by atoms with Crippen LogP contribution in [-0.2, 0) is 24.0 Å². The molecule has 4 amide bonds. The van der Waals surface area contributed by atoms with Gasteiger partial charge in [0.15, 0.2) is 0 Å². The SMILES string of the molecule is CSCCC(NC(=O)C(CCC(N)=O)NC(=O)C(N)CCCCN)C(=O)NC(CCCCN)C(=O)O. The second-order valence-electron chi connectivity index (χ2n) is 8.48. The lowest BCUT2D eigenvalue weighted by molar-refractivity contribution is -0.142.